The van der Waals surface area contributed by atoms with E-state index in [-0.39, 0.29) is 12.7 Å². The first kappa shape index (κ1) is 17.7. The number of aliphatic imine (C=N–C) groups is 1. The second kappa shape index (κ2) is 8.80. The van der Waals surface area contributed by atoms with E-state index in [0.29, 0.717) is 18.8 Å². The molecule has 2 aromatic rings. The van der Waals surface area contributed by atoms with Crippen LogP contribution in [0, 0.1) is 0 Å². The summed E-state index contributed by atoms with van der Waals surface area (Å²) in [6, 6.07) is 13.4. The van der Waals surface area contributed by atoms with Crippen LogP contribution in [0.2, 0.25) is 0 Å². The van der Waals surface area contributed by atoms with Crippen molar-refractivity contribution >= 4 is 23.8 Å². The minimum absolute atomic E-state index is 0.277. The van der Waals surface area contributed by atoms with Gasteiger partial charge in [0.05, 0.1) is 31.2 Å². The smallest absolute Gasteiger partial charge is 0.410 e. The van der Waals surface area contributed by atoms with E-state index in [1.807, 2.05) is 42.5 Å². The molecule has 0 N–H and O–H groups in total. The lowest BCUT2D eigenvalue weighted by molar-refractivity contribution is 0.100. The molecule has 1 aliphatic rings. The minimum Gasteiger partial charge on any atom is -0.486 e. The second-order valence-electron chi connectivity index (χ2n) is 5.85. The molecule has 3 rings (SSSR count). The van der Waals surface area contributed by atoms with E-state index in [4.69, 9.17) is 9.47 Å². The first-order chi connectivity index (χ1) is 12.8. The third kappa shape index (κ3) is 4.69. The van der Waals surface area contributed by atoms with Gasteiger partial charge >= 0.3 is 6.09 Å². The Morgan fingerprint density at radius 3 is 2.85 bits per heavy atom. The van der Waals surface area contributed by atoms with Gasteiger partial charge < -0.3 is 14.4 Å². The van der Waals surface area contributed by atoms with E-state index in [1.54, 1.807) is 18.2 Å². The van der Waals surface area contributed by atoms with Crippen LogP contribution in [0.15, 0.2) is 59.7 Å². The van der Waals surface area contributed by atoms with Crippen molar-refractivity contribution in [2.45, 2.75) is 13.0 Å². The molecular weight excluding hydrogens is 330 g/mol. The van der Waals surface area contributed by atoms with Crippen molar-refractivity contribution in [3.63, 3.8) is 0 Å². The van der Waals surface area contributed by atoms with Crippen LogP contribution in [-0.4, -0.2) is 42.6 Å². The zero-order chi connectivity index (χ0) is 18.2. The maximum absolute atomic E-state index is 12.3. The molecule has 26 heavy (non-hydrogen) atoms. The first-order valence-electron chi connectivity index (χ1n) is 8.42. The summed E-state index contributed by atoms with van der Waals surface area (Å²) in [6.45, 7) is 1.41. The first-order valence-corrected chi connectivity index (χ1v) is 8.42. The predicted molar refractivity (Wildman–Crippen MR) is 100 cm³/mol. The van der Waals surface area contributed by atoms with Gasteiger partial charge in [-0.15, -0.1) is 0 Å². The Morgan fingerprint density at radius 1 is 1.27 bits per heavy atom. The van der Waals surface area contributed by atoms with Crippen molar-refractivity contribution in [1.82, 2.24) is 9.88 Å². The number of pyridine rings is 1. The summed E-state index contributed by atoms with van der Waals surface area (Å²) in [5.41, 5.74) is 3.53. The van der Waals surface area contributed by atoms with Crippen molar-refractivity contribution in [3.8, 4) is 0 Å². The van der Waals surface area contributed by atoms with E-state index in [1.165, 1.54) is 6.40 Å². The van der Waals surface area contributed by atoms with Gasteiger partial charge in [-0.3, -0.25) is 4.98 Å². The summed E-state index contributed by atoms with van der Waals surface area (Å²) < 4.78 is 10.2. The van der Waals surface area contributed by atoms with Gasteiger partial charge in [-0.05, 0) is 29.7 Å². The average molecular weight is 351 g/mol. The number of carbonyl (C=O) groups is 1. The van der Waals surface area contributed by atoms with Crippen molar-refractivity contribution in [1.29, 1.82) is 0 Å². The highest BCUT2D eigenvalue weighted by Crippen LogP contribution is 2.21. The van der Waals surface area contributed by atoms with E-state index >= 15 is 0 Å². The second-order valence-corrected chi connectivity index (χ2v) is 5.85. The molecule has 1 aliphatic heterocycles. The Kier molecular flexibility index (Phi) is 5.98. The van der Waals surface area contributed by atoms with Gasteiger partial charge in [-0.25, -0.2) is 9.79 Å². The highest BCUT2D eigenvalue weighted by Gasteiger charge is 2.20. The summed E-state index contributed by atoms with van der Waals surface area (Å²) in [5.74, 6) is 0. The van der Waals surface area contributed by atoms with Crippen molar-refractivity contribution in [3.05, 3.63) is 66.0 Å². The number of benzene rings is 1. The van der Waals surface area contributed by atoms with Crippen LogP contribution < -0.4 is 0 Å². The fraction of sp³-hybridized carbons (Fsp3) is 0.250. The van der Waals surface area contributed by atoms with Crippen LogP contribution in [0.1, 0.15) is 17.7 Å². The lowest BCUT2D eigenvalue weighted by Crippen LogP contribution is -2.35. The number of rotatable bonds is 5. The SMILES string of the molecule is COC=Nc1ccc(C2=CCCN(C(=O)OCc3ccccc3)C2)nc1. The Morgan fingerprint density at radius 2 is 2.12 bits per heavy atom. The molecule has 1 aromatic carbocycles. The van der Waals surface area contributed by atoms with Crippen LogP contribution in [-0.2, 0) is 16.1 Å². The molecule has 1 aromatic heterocycles. The number of ether oxygens (including phenoxy) is 2. The molecule has 6 nitrogen and oxygen atoms in total. The molecule has 0 bridgehead atoms. The standard InChI is InChI=1S/C20H21N3O3/c1-25-15-22-18-9-10-19(21-12-18)17-8-5-11-23(13-17)20(24)26-14-16-6-3-2-4-7-16/h2-4,6-10,12,15H,5,11,13-14H2,1H3. The molecule has 134 valence electrons. The molecule has 1 amide bonds. The van der Waals surface area contributed by atoms with E-state index in [0.717, 1.165) is 23.3 Å². The van der Waals surface area contributed by atoms with Gasteiger partial charge in [0.2, 0.25) is 0 Å². The van der Waals surface area contributed by atoms with Gasteiger partial charge in [-0.2, -0.15) is 0 Å². The molecule has 0 atom stereocenters. The van der Waals surface area contributed by atoms with E-state index in [2.05, 4.69) is 16.1 Å². The molecule has 6 heteroatoms. The molecule has 0 fully saturated rings. The maximum atomic E-state index is 12.3. The molecule has 0 aliphatic carbocycles. The van der Waals surface area contributed by atoms with Gasteiger partial charge in [0.25, 0.3) is 0 Å². The van der Waals surface area contributed by atoms with Gasteiger partial charge in [0, 0.05) is 6.54 Å². The van der Waals surface area contributed by atoms with Crippen molar-refractivity contribution in [2.75, 3.05) is 20.2 Å². The average Bonchev–Trinajstić information content (AvgIpc) is 2.71. The van der Waals surface area contributed by atoms with Crippen LogP contribution in [0.4, 0.5) is 10.5 Å². The predicted octanol–water partition coefficient (Wildman–Crippen LogP) is 3.81. The zero-order valence-corrected chi connectivity index (χ0v) is 14.7. The van der Waals surface area contributed by atoms with Crippen LogP contribution in [0.3, 0.4) is 0 Å². The van der Waals surface area contributed by atoms with Gasteiger partial charge in [0.1, 0.15) is 6.61 Å². The number of carbonyl (C=O) groups excluding carboxylic acids is 1. The minimum atomic E-state index is -0.305. The molecule has 0 spiro atoms. The van der Waals surface area contributed by atoms with Crippen LogP contribution in [0.5, 0.6) is 0 Å². The Hall–Kier alpha value is -3.15. The number of methoxy groups -OCH3 is 1. The fourth-order valence-electron chi connectivity index (χ4n) is 2.66. The largest absolute Gasteiger partial charge is 0.486 e. The van der Waals surface area contributed by atoms with E-state index < -0.39 is 0 Å². The molecule has 2 heterocycles. The lowest BCUT2D eigenvalue weighted by Gasteiger charge is -2.26. The maximum Gasteiger partial charge on any atom is 0.410 e. The molecule has 0 radical (unpaired) electrons. The molecular formula is C20H21N3O3. The molecule has 0 saturated heterocycles. The fourth-order valence-corrected chi connectivity index (χ4v) is 2.66. The number of aromatic nitrogens is 1. The van der Waals surface area contributed by atoms with Crippen molar-refractivity contribution < 1.29 is 14.3 Å². The third-order valence-electron chi connectivity index (χ3n) is 4.00. The monoisotopic (exact) mass is 351 g/mol. The summed E-state index contributed by atoms with van der Waals surface area (Å²) in [5, 5.41) is 0. The van der Waals surface area contributed by atoms with Crippen LogP contribution in [0.25, 0.3) is 5.57 Å². The summed E-state index contributed by atoms with van der Waals surface area (Å²) in [6.07, 6.45) is 5.63. The number of amides is 1. The Balaban J connectivity index is 1.58. The summed E-state index contributed by atoms with van der Waals surface area (Å²) in [4.78, 5) is 22.6. The number of nitrogens with zero attached hydrogens (tertiary/aromatic N) is 3. The lowest BCUT2D eigenvalue weighted by atomic mass is 10.1. The molecule has 0 unspecified atom stereocenters. The molecule has 0 saturated carbocycles. The van der Waals surface area contributed by atoms with E-state index in [9.17, 15) is 4.79 Å². The summed E-state index contributed by atoms with van der Waals surface area (Å²) in [7, 11) is 1.55. The Labute approximate surface area is 152 Å². The zero-order valence-electron chi connectivity index (χ0n) is 14.7. The van der Waals surface area contributed by atoms with Gasteiger partial charge in [-0.1, -0.05) is 36.4 Å². The quantitative estimate of drug-likeness (QED) is 0.607. The van der Waals surface area contributed by atoms with Gasteiger partial charge in [0.15, 0.2) is 6.40 Å². The van der Waals surface area contributed by atoms with Crippen molar-refractivity contribution in [2.24, 2.45) is 4.99 Å². The normalized spacial score (nSPS) is 14.2. The summed E-state index contributed by atoms with van der Waals surface area (Å²) >= 11 is 0. The highest BCUT2D eigenvalue weighted by molar-refractivity contribution is 5.74. The third-order valence-corrected chi connectivity index (χ3v) is 4.00. The number of hydrogen-bond acceptors (Lipinski definition) is 5. The number of hydrogen-bond donors (Lipinski definition) is 0. The highest BCUT2D eigenvalue weighted by atomic mass is 16.6. The van der Waals surface area contributed by atoms with Crippen LogP contribution >= 0.6 is 0 Å². The Bertz CT molecular complexity index is 786. The topological polar surface area (TPSA) is 64.0 Å².